The third-order valence-electron chi connectivity index (χ3n) is 5.12. The molecule has 1 nitrogen and oxygen atoms in total. The lowest BCUT2D eigenvalue weighted by atomic mass is 9.81. The Kier molecular flexibility index (Phi) is 5.10. The number of benzene rings is 2. The average molecular weight is 339 g/mol. The quantitative estimate of drug-likeness (QED) is 0.558. The lowest BCUT2D eigenvalue weighted by molar-refractivity contribution is 0.433. The summed E-state index contributed by atoms with van der Waals surface area (Å²) in [5, 5.41) is 0. The summed E-state index contributed by atoms with van der Waals surface area (Å²) < 4.78 is 6.57. The lowest BCUT2D eigenvalue weighted by Gasteiger charge is -2.29. The summed E-state index contributed by atoms with van der Waals surface area (Å²) in [6, 6.07) is 8.59. The highest BCUT2D eigenvalue weighted by Crippen LogP contribution is 2.42. The van der Waals surface area contributed by atoms with Gasteiger partial charge < -0.3 is 4.74 Å². The van der Waals surface area contributed by atoms with Crippen molar-refractivity contribution in [1.82, 2.24) is 0 Å². The van der Waals surface area contributed by atoms with E-state index in [0.717, 1.165) is 11.5 Å². The van der Waals surface area contributed by atoms with Crippen molar-refractivity contribution >= 4 is 0 Å². The van der Waals surface area contributed by atoms with Crippen LogP contribution in [-0.2, 0) is 10.8 Å². The van der Waals surface area contributed by atoms with Crippen LogP contribution in [0.3, 0.4) is 0 Å². The summed E-state index contributed by atoms with van der Waals surface area (Å²) in [5.41, 5.74) is 7.94. The van der Waals surface area contributed by atoms with E-state index in [-0.39, 0.29) is 10.8 Å². The van der Waals surface area contributed by atoms with E-state index in [1.165, 1.54) is 33.4 Å². The van der Waals surface area contributed by atoms with Crippen LogP contribution in [0.15, 0.2) is 24.3 Å². The van der Waals surface area contributed by atoms with Crippen LogP contribution < -0.4 is 4.74 Å². The zero-order valence-electron chi connectivity index (χ0n) is 17.7. The van der Waals surface area contributed by atoms with Gasteiger partial charge in [-0.05, 0) is 72.9 Å². The molecule has 0 saturated heterocycles. The van der Waals surface area contributed by atoms with E-state index in [0.29, 0.717) is 0 Å². The fraction of sp³-hybridized carbons (Fsp3) is 0.500. The Morgan fingerprint density at radius 3 is 1.16 bits per heavy atom. The zero-order chi connectivity index (χ0) is 19.2. The van der Waals surface area contributed by atoms with E-state index in [1.54, 1.807) is 0 Å². The number of hydrogen-bond acceptors (Lipinski definition) is 1. The minimum Gasteiger partial charge on any atom is -0.457 e. The Bertz CT molecular complexity index is 716. The van der Waals surface area contributed by atoms with Crippen molar-refractivity contribution in [3.63, 3.8) is 0 Å². The summed E-state index contributed by atoms with van der Waals surface area (Å²) in [4.78, 5) is 0. The first kappa shape index (κ1) is 19.6. The number of ether oxygens (including phenoxy) is 1. The van der Waals surface area contributed by atoms with Crippen LogP contribution in [0, 0.1) is 27.7 Å². The highest BCUT2D eigenvalue weighted by atomic mass is 16.5. The zero-order valence-corrected chi connectivity index (χ0v) is 17.7. The molecule has 0 fully saturated rings. The van der Waals surface area contributed by atoms with Crippen molar-refractivity contribution in [2.45, 2.75) is 80.1 Å². The Balaban J connectivity index is 2.67. The Morgan fingerprint density at radius 1 is 0.560 bits per heavy atom. The Labute approximate surface area is 154 Å². The largest absolute Gasteiger partial charge is 0.457 e. The van der Waals surface area contributed by atoms with Crippen LogP contribution in [0.25, 0.3) is 0 Å². The van der Waals surface area contributed by atoms with Gasteiger partial charge in [0.15, 0.2) is 0 Å². The van der Waals surface area contributed by atoms with Gasteiger partial charge in [-0.25, -0.2) is 0 Å². The van der Waals surface area contributed by atoms with Gasteiger partial charge in [-0.1, -0.05) is 53.7 Å². The van der Waals surface area contributed by atoms with Crippen LogP contribution in [0.1, 0.15) is 74.9 Å². The van der Waals surface area contributed by atoms with Gasteiger partial charge in [-0.2, -0.15) is 0 Å². The smallest absolute Gasteiger partial charge is 0.131 e. The molecule has 0 heterocycles. The predicted molar refractivity (Wildman–Crippen MR) is 109 cm³/mol. The highest BCUT2D eigenvalue weighted by molar-refractivity contribution is 5.53. The van der Waals surface area contributed by atoms with E-state index in [9.17, 15) is 0 Å². The van der Waals surface area contributed by atoms with Crippen molar-refractivity contribution in [3.05, 3.63) is 57.6 Å². The maximum atomic E-state index is 6.57. The molecule has 2 aromatic rings. The summed E-state index contributed by atoms with van der Waals surface area (Å²) >= 11 is 0. The van der Waals surface area contributed by atoms with Crippen molar-refractivity contribution in [1.29, 1.82) is 0 Å². The summed E-state index contributed by atoms with van der Waals surface area (Å²) in [5.74, 6) is 1.95. The fourth-order valence-electron chi connectivity index (χ4n) is 3.73. The molecule has 0 unspecified atom stereocenters. The SMILES string of the molecule is Cc1ccc(Oc2ccc(C)c(C)c2C(C)(C)C)c(C(C)(C)C)c1C. The molecule has 136 valence electrons. The highest BCUT2D eigenvalue weighted by Gasteiger charge is 2.26. The van der Waals surface area contributed by atoms with Gasteiger partial charge in [0, 0.05) is 11.1 Å². The monoisotopic (exact) mass is 338 g/mol. The van der Waals surface area contributed by atoms with Gasteiger partial charge in [0.1, 0.15) is 11.5 Å². The molecule has 2 rings (SSSR count). The fourth-order valence-corrected chi connectivity index (χ4v) is 3.73. The second-order valence-corrected chi connectivity index (χ2v) is 9.36. The first-order chi connectivity index (χ1) is 11.3. The predicted octanol–water partition coefficient (Wildman–Crippen LogP) is 7.31. The van der Waals surface area contributed by atoms with Crippen LogP contribution in [0.5, 0.6) is 11.5 Å². The maximum absolute atomic E-state index is 6.57. The van der Waals surface area contributed by atoms with Crippen LogP contribution in [0.4, 0.5) is 0 Å². The maximum Gasteiger partial charge on any atom is 0.131 e. The third-order valence-corrected chi connectivity index (χ3v) is 5.12. The number of aryl methyl sites for hydroxylation is 2. The minimum absolute atomic E-state index is 0.0348. The Morgan fingerprint density at radius 2 is 0.880 bits per heavy atom. The van der Waals surface area contributed by atoms with Gasteiger partial charge in [0.2, 0.25) is 0 Å². The first-order valence-electron chi connectivity index (χ1n) is 9.23. The molecule has 1 heteroatoms. The molecule has 0 aliphatic rings. The second kappa shape index (κ2) is 6.52. The van der Waals surface area contributed by atoms with Crippen molar-refractivity contribution in [2.24, 2.45) is 0 Å². The number of hydrogen-bond donors (Lipinski definition) is 0. The minimum atomic E-state index is 0.0348. The first-order valence-corrected chi connectivity index (χ1v) is 9.23. The molecule has 0 bridgehead atoms. The van der Waals surface area contributed by atoms with Gasteiger partial charge in [-0.3, -0.25) is 0 Å². The van der Waals surface area contributed by atoms with Crippen LogP contribution in [0.2, 0.25) is 0 Å². The van der Waals surface area contributed by atoms with Gasteiger partial charge in [0.25, 0.3) is 0 Å². The van der Waals surface area contributed by atoms with Gasteiger partial charge in [0.05, 0.1) is 0 Å². The van der Waals surface area contributed by atoms with Crippen molar-refractivity contribution in [2.75, 3.05) is 0 Å². The van der Waals surface area contributed by atoms with E-state index in [4.69, 9.17) is 4.74 Å². The lowest BCUT2D eigenvalue weighted by Crippen LogP contribution is -2.18. The molecular formula is C24H34O. The van der Waals surface area contributed by atoms with Crippen molar-refractivity contribution < 1.29 is 4.74 Å². The molecule has 0 atom stereocenters. The number of rotatable bonds is 2. The molecule has 0 aliphatic heterocycles. The molecule has 0 aromatic heterocycles. The molecule has 2 aromatic carbocycles. The normalized spacial score (nSPS) is 12.4. The average Bonchev–Trinajstić information content (AvgIpc) is 2.44. The van der Waals surface area contributed by atoms with E-state index in [1.807, 2.05) is 0 Å². The standard InChI is InChI=1S/C24H34O/c1-15-11-13-19(21(17(15)3)23(5,6)7)25-20-14-12-16(2)18(4)22(20)24(8,9)10/h11-14H,1-10H3. The topological polar surface area (TPSA) is 9.23 Å². The van der Waals surface area contributed by atoms with Crippen LogP contribution in [-0.4, -0.2) is 0 Å². The molecular weight excluding hydrogens is 304 g/mol. The van der Waals surface area contributed by atoms with Crippen LogP contribution >= 0.6 is 0 Å². The summed E-state index contributed by atoms with van der Waals surface area (Å²) in [7, 11) is 0. The molecule has 0 aliphatic carbocycles. The second-order valence-electron chi connectivity index (χ2n) is 9.36. The summed E-state index contributed by atoms with van der Waals surface area (Å²) in [6.07, 6.45) is 0. The van der Waals surface area contributed by atoms with Gasteiger partial charge >= 0.3 is 0 Å². The molecule has 25 heavy (non-hydrogen) atoms. The van der Waals surface area contributed by atoms with Gasteiger partial charge in [-0.15, -0.1) is 0 Å². The van der Waals surface area contributed by atoms with E-state index in [2.05, 4.69) is 93.5 Å². The Hall–Kier alpha value is -1.76. The van der Waals surface area contributed by atoms with E-state index < -0.39 is 0 Å². The summed E-state index contributed by atoms with van der Waals surface area (Å²) in [6.45, 7) is 22.3. The molecule has 0 amide bonds. The van der Waals surface area contributed by atoms with Crippen molar-refractivity contribution in [3.8, 4) is 11.5 Å². The molecule has 0 spiro atoms. The third kappa shape index (κ3) is 3.92. The molecule has 0 N–H and O–H groups in total. The molecule has 0 saturated carbocycles. The van der Waals surface area contributed by atoms with E-state index >= 15 is 0 Å². The molecule has 0 radical (unpaired) electrons.